The summed E-state index contributed by atoms with van der Waals surface area (Å²) in [6, 6.07) is 0. The van der Waals surface area contributed by atoms with Gasteiger partial charge in [0.25, 0.3) is 0 Å². The molecule has 0 aromatic heterocycles. The molecule has 0 amide bonds. The van der Waals surface area contributed by atoms with Gasteiger partial charge in [-0.15, -0.1) is 0 Å². The fourth-order valence-corrected chi connectivity index (χ4v) is 1.25. The largest absolute Gasteiger partial charge is 0.0900 e. The van der Waals surface area contributed by atoms with Crippen molar-refractivity contribution >= 4 is 51.2 Å². The van der Waals surface area contributed by atoms with Gasteiger partial charge in [0.05, 0.1) is 0 Å². The molecule has 0 bridgehead atoms. The first-order valence-electron chi connectivity index (χ1n) is 4.38. The van der Waals surface area contributed by atoms with E-state index in [1.807, 2.05) is 6.92 Å². The smallest absolute Gasteiger partial charge is 0.00645 e. The molecule has 0 unspecified atom stereocenters. The van der Waals surface area contributed by atoms with Crippen LogP contribution >= 0.6 is 36.7 Å². The number of hydrogen-bond acceptors (Lipinski definition) is 3. The number of hydrogen-bond donors (Lipinski definition) is 0. The zero-order valence-electron chi connectivity index (χ0n) is 7.97. The van der Waals surface area contributed by atoms with Gasteiger partial charge in [-0.3, -0.25) is 0 Å². The summed E-state index contributed by atoms with van der Waals surface area (Å²) in [6.45, 7) is 5.69. The van der Waals surface area contributed by atoms with Crippen LogP contribution in [-0.2, 0) is 0 Å². The summed E-state index contributed by atoms with van der Waals surface area (Å²) < 4.78 is 0. The van der Waals surface area contributed by atoms with Gasteiger partial charge in [-0.2, -0.15) is 0 Å². The van der Waals surface area contributed by atoms with Gasteiger partial charge in [0.1, 0.15) is 0 Å². The second-order valence-electron chi connectivity index (χ2n) is 3.03. The van der Waals surface area contributed by atoms with E-state index in [0.717, 1.165) is 46.7 Å². The Hall–Kier alpha value is 0.270. The predicted octanol–water partition coefficient (Wildman–Crippen LogP) is 3.90. The van der Waals surface area contributed by atoms with E-state index >= 15 is 0 Å². The van der Waals surface area contributed by atoms with E-state index in [2.05, 4.69) is 6.92 Å². The third kappa shape index (κ3) is 8.60. The summed E-state index contributed by atoms with van der Waals surface area (Å²) in [5.41, 5.74) is 0. The predicted molar refractivity (Wildman–Crippen MR) is 71.9 cm³/mol. The molecule has 13 heavy (non-hydrogen) atoms. The van der Waals surface area contributed by atoms with Crippen molar-refractivity contribution in [1.29, 1.82) is 0 Å². The Kier molecular flexibility index (Phi) is 7.81. The molecule has 0 atom stereocenters. The molecule has 0 saturated carbocycles. The van der Waals surface area contributed by atoms with Crippen LogP contribution in [0.4, 0.5) is 0 Å². The van der Waals surface area contributed by atoms with Crippen molar-refractivity contribution in [1.82, 2.24) is 0 Å². The molecule has 0 aromatic rings. The average molecular weight is 231 g/mol. The lowest BCUT2D eigenvalue weighted by molar-refractivity contribution is 1.07. The van der Waals surface area contributed by atoms with Crippen LogP contribution in [0.25, 0.3) is 0 Å². The molecular weight excluding hydrogens is 216 g/mol. The van der Waals surface area contributed by atoms with Crippen molar-refractivity contribution in [3.05, 3.63) is 6.92 Å². The van der Waals surface area contributed by atoms with Gasteiger partial charge in [0.2, 0.25) is 0 Å². The molecule has 0 aliphatic heterocycles. The molecule has 0 N–H and O–H groups in total. The minimum Gasteiger partial charge on any atom is -0.0900 e. The molecule has 3 heteroatoms. The van der Waals surface area contributed by atoms with E-state index in [1.54, 1.807) is 0 Å². The van der Waals surface area contributed by atoms with Crippen LogP contribution in [0.5, 0.6) is 0 Å². The van der Waals surface area contributed by atoms with Crippen molar-refractivity contribution in [3.8, 4) is 0 Å². The van der Waals surface area contributed by atoms with E-state index in [0.29, 0.717) is 0 Å². The van der Waals surface area contributed by atoms with Gasteiger partial charge in [0, 0.05) is 0 Å². The molecule has 0 heterocycles. The highest BCUT2D eigenvalue weighted by molar-refractivity contribution is 7.81. The highest BCUT2D eigenvalue weighted by Crippen LogP contribution is 2.05. The highest BCUT2D eigenvalue weighted by Gasteiger charge is 2.00. The third-order valence-electron chi connectivity index (χ3n) is 1.72. The van der Waals surface area contributed by atoms with Crippen LogP contribution in [0.15, 0.2) is 0 Å². The average Bonchev–Trinajstić information content (AvgIpc) is 2.10. The zero-order chi connectivity index (χ0) is 10.3. The van der Waals surface area contributed by atoms with E-state index in [1.165, 1.54) is 0 Å². The van der Waals surface area contributed by atoms with E-state index < -0.39 is 0 Å². The minimum atomic E-state index is 0.740. The van der Waals surface area contributed by atoms with Gasteiger partial charge in [0.15, 0.2) is 0 Å². The maximum absolute atomic E-state index is 5.20. The lowest BCUT2D eigenvalue weighted by Gasteiger charge is -2.02. The first kappa shape index (κ1) is 13.3. The van der Waals surface area contributed by atoms with Gasteiger partial charge in [-0.05, 0) is 60.5 Å². The monoisotopic (exact) mass is 231 g/mol. The summed E-state index contributed by atoms with van der Waals surface area (Å²) in [6.07, 6.45) is 4.44. The number of rotatable bonds is 7. The summed E-state index contributed by atoms with van der Waals surface area (Å²) in [7, 11) is 0. The Morgan fingerprint density at radius 2 is 1.38 bits per heavy atom. The minimum absolute atomic E-state index is 0.740. The molecule has 0 spiro atoms. The third-order valence-corrected chi connectivity index (χ3v) is 2.74. The van der Waals surface area contributed by atoms with Crippen LogP contribution < -0.4 is 0 Å². The molecule has 0 aromatic carbocycles. The molecule has 0 fully saturated rings. The standard InChI is InChI=1S/C10H15S3/c1-3-9(12)6-7-10(13)5-4-8(2)11/h1,3-7H2,2H3. The molecule has 1 radical (unpaired) electrons. The van der Waals surface area contributed by atoms with E-state index in [9.17, 15) is 0 Å². The highest BCUT2D eigenvalue weighted by atomic mass is 32.1. The van der Waals surface area contributed by atoms with E-state index in [-0.39, 0.29) is 0 Å². The van der Waals surface area contributed by atoms with Crippen LogP contribution in [-0.4, -0.2) is 14.6 Å². The Morgan fingerprint density at radius 3 is 1.85 bits per heavy atom. The van der Waals surface area contributed by atoms with Crippen LogP contribution in [0.2, 0.25) is 0 Å². The molecule has 0 saturated heterocycles. The van der Waals surface area contributed by atoms with Gasteiger partial charge in [-0.1, -0.05) is 36.7 Å². The van der Waals surface area contributed by atoms with Crippen molar-refractivity contribution in [2.24, 2.45) is 0 Å². The second-order valence-corrected chi connectivity index (χ2v) is 4.88. The van der Waals surface area contributed by atoms with Crippen LogP contribution in [0.1, 0.15) is 39.0 Å². The number of thiocarbonyl (C=S) groups is 3. The molecule has 0 nitrogen and oxygen atoms in total. The maximum atomic E-state index is 5.20. The Bertz CT molecular complexity index is 206. The van der Waals surface area contributed by atoms with Gasteiger partial charge < -0.3 is 0 Å². The second kappa shape index (κ2) is 7.65. The molecule has 0 aliphatic carbocycles. The van der Waals surface area contributed by atoms with Gasteiger partial charge in [-0.25, -0.2) is 0 Å². The SMILES string of the molecule is [CH2]CC(=S)CCC(=S)CCC(C)=S. The van der Waals surface area contributed by atoms with Crippen molar-refractivity contribution in [3.63, 3.8) is 0 Å². The first-order chi connectivity index (χ1) is 6.06. The molecule has 73 valence electrons. The Labute approximate surface area is 97.1 Å². The molecular formula is C10H15S3. The lowest BCUT2D eigenvalue weighted by Crippen LogP contribution is -2.01. The zero-order valence-corrected chi connectivity index (χ0v) is 10.4. The quantitative estimate of drug-likeness (QED) is 0.610. The van der Waals surface area contributed by atoms with Crippen LogP contribution in [0.3, 0.4) is 0 Å². The summed E-state index contributed by atoms with van der Waals surface area (Å²) >= 11 is 15.2. The molecule has 0 aliphatic rings. The van der Waals surface area contributed by atoms with E-state index in [4.69, 9.17) is 36.7 Å². The maximum Gasteiger partial charge on any atom is -0.00645 e. The summed E-state index contributed by atoms with van der Waals surface area (Å²) in [5, 5.41) is 0. The van der Waals surface area contributed by atoms with Crippen molar-refractivity contribution < 1.29 is 0 Å². The Balaban J connectivity index is 3.52. The van der Waals surface area contributed by atoms with Crippen molar-refractivity contribution in [2.75, 3.05) is 0 Å². The van der Waals surface area contributed by atoms with Crippen molar-refractivity contribution in [2.45, 2.75) is 39.0 Å². The first-order valence-corrected chi connectivity index (χ1v) is 5.60. The van der Waals surface area contributed by atoms with Gasteiger partial charge >= 0.3 is 0 Å². The fourth-order valence-electron chi connectivity index (χ4n) is 0.844. The van der Waals surface area contributed by atoms with Crippen LogP contribution in [0, 0.1) is 6.92 Å². The summed E-state index contributed by atoms with van der Waals surface area (Å²) in [4.78, 5) is 3.13. The summed E-state index contributed by atoms with van der Waals surface area (Å²) in [5.74, 6) is 0. The molecule has 0 rings (SSSR count). The Morgan fingerprint density at radius 1 is 0.923 bits per heavy atom. The lowest BCUT2D eigenvalue weighted by atomic mass is 10.1. The fraction of sp³-hybridized carbons (Fsp3) is 0.600. The normalized spacial score (nSPS) is 9.69. The topological polar surface area (TPSA) is 0 Å².